The van der Waals surface area contributed by atoms with Crippen molar-refractivity contribution < 1.29 is 14.5 Å². The molecule has 0 N–H and O–H groups in total. The van der Waals surface area contributed by atoms with Crippen molar-refractivity contribution in [2.75, 3.05) is 7.11 Å². The van der Waals surface area contributed by atoms with Gasteiger partial charge in [0.25, 0.3) is 0 Å². The highest BCUT2D eigenvalue weighted by atomic mass is 35.5. The Hall–Kier alpha value is -3.46. The van der Waals surface area contributed by atoms with Crippen molar-refractivity contribution in [2.45, 2.75) is 6.54 Å². The number of aromatic nitrogens is 4. The summed E-state index contributed by atoms with van der Waals surface area (Å²) in [5.41, 5.74) is 1.68. The Labute approximate surface area is 164 Å². The molecular weight excluding hydrogens is 386 g/mol. The van der Waals surface area contributed by atoms with Crippen LogP contribution in [-0.2, 0) is 13.6 Å². The third-order valence-corrected chi connectivity index (χ3v) is 4.17. The molecule has 0 aliphatic heterocycles. The summed E-state index contributed by atoms with van der Waals surface area (Å²) < 4.78 is 8.26. The molecule has 0 bridgehead atoms. The maximum Gasteiger partial charge on any atom is 0.389 e. The number of benzene rings is 1. The molecule has 0 aliphatic carbocycles. The molecule has 0 fully saturated rings. The second-order valence-electron chi connectivity index (χ2n) is 5.90. The number of ketones is 1. The van der Waals surface area contributed by atoms with E-state index in [0.717, 1.165) is 11.1 Å². The molecule has 2 aromatic heterocycles. The fraction of sp³-hybridized carbons (Fsp3) is 0.167. The number of aryl methyl sites for hydroxylation is 1. The van der Waals surface area contributed by atoms with Gasteiger partial charge in [-0.25, -0.2) is 0 Å². The lowest BCUT2D eigenvalue weighted by Gasteiger charge is -2.08. The van der Waals surface area contributed by atoms with Crippen molar-refractivity contribution in [1.29, 1.82) is 0 Å². The maximum atomic E-state index is 12.3. The molecule has 0 amide bonds. The average Bonchev–Trinajstić information content (AvgIpc) is 3.26. The molecule has 3 rings (SSSR count). The minimum absolute atomic E-state index is 0.179. The second kappa shape index (κ2) is 8.05. The van der Waals surface area contributed by atoms with Gasteiger partial charge in [-0.15, -0.1) is 0 Å². The molecule has 0 aliphatic rings. The maximum absolute atomic E-state index is 12.3. The van der Waals surface area contributed by atoms with Crippen LogP contribution in [0.2, 0.25) is 5.02 Å². The van der Waals surface area contributed by atoms with E-state index in [4.69, 9.17) is 16.3 Å². The summed E-state index contributed by atoms with van der Waals surface area (Å²) in [6.07, 6.45) is 6.10. The zero-order valence-corrected chi connectivity index (χ0v) is 15.8. The van der Waals surface area contributed by atoms with Crippen LogP contribution in [-0.4, -0.2) is 37.4 Å². The monoisotopic (exact) mass is 401 g/mol. The average molecular weight is 402 g/mol. The highest BCUT2D eigenvalue weighted by Crippen LogP contribution is 2.23. The highest BCUT2D eigenvalue weighted by molar-refractivity contribution is 6.34. The van der Waals surface area contributed by atoms with Gasteiger partial charge in [0.15, 0.2) is 5.69 Å². The lowest BCUT2D eigenvalue weighted by molar-refractivity contribution is -0.389. The van der Waals surface area contributed by atoms with Gasteiger partial charge < -0.3 is 14.9 Å². The number of methoxy groups -OCH3 is 1. The van der Waals surface area contributed by atoms with Crippen LogP contribution in [0, 0.1) is 10.1 Å². The largest absolute Gasteiger partial charge is 0.496 e. The summed E-state index contributed by atoms with van der Waals surface area (Å²) in [5, 5.41) is 19.0. The minimum Gasteiger partial charge on any atom is -0.496 e. The molecule has 9 nitrogen and oxygen atoms in total. The molecule has 144 valence electrons. The molecule has 1 aromatic carbocycles. The van der Waals surface area contributed by atoms with Crippen LogP contribution in [0.3, 0.4) is 0 Å². The van der Waals surface area contributed by atoms with Gasteiger partial charge in [0.05, 0.1) is 36.0 Å². The number of allylic oxidation sites excluding steroid dienone is 1. The van der Waals surface area contributed by atoms with Gasteiger partial charge >= 0.3 is 5.82 Å². The number of hydrogen-bond acceptors (Lipinski definition) is 6. The van der Waals surface area contributed by atoms with Crippen LogP contribution in [0.15, 0.2) is 42.7 Å². The van der Waals surface area contributed by atoms with E-state index >= 15 is 0 Å². The van der Waals surface area contributed by atoms with E-state index in [-0.39, 0.29) is 28.9 Å². The second-order valence-corrected chi connectivity index (χ2v) is 6.30. The van der Waals surface area contributed by atoms with E-state index in [9.17, 15) is 14.9 Å². The van der Waals surface area contributed by atoms with Gasteiger partial charge in [-0.3, -0.25) is 9.48 Å². The smallest absolute Gasteiger partial charge is 0.389 e. The lowest BCUT2D eigenvalue weighted by Crippen LogP contribution is -2.03. The van der Waals surface area contributed by atoms with E-state index in [1.165, 1.54) is 34.8 Å². The van der Waals surface area contributed by atoms with E-state index in [1.807, 2.05) is 6.07 Å². The SMILES string of the molecule is COc1ccc(/C=C/C(=O)c2nn(C)cc2Cl)cc1Cn1ccc([N+](=O)[O-])n1. The third kappa shape index (κ3) is 4.26. The fourth-order valence-corrected chi connectivity index (χ4v) is 2.89. The Kier molecular flexibility index (Phi) is 5.55. The number of nitrogens with zero attached hydrogens (tertiary/aromatic N) is 5. The normalized spacial score (nSPS) is 11.1. The highest BCUT2D eigenvalue weighted by Gasteiger charge is 2.14. The van der Waals surface area contributed by atoms with Crippen LogP contribution >= 0.6 is 11.6 Å². The summed E-state index contributed by atoms with van der Waals surface area (Å²) in [4.78, 5) is 22.5. The first-order valence-electron chi connectivity index (χ1n) is 8.13. The van der Waals surface area contributed by atoms with E-state index in [2.05, 4.69) is 10.2 Å². The van der Waals surface area contributed by atoms with Crippen LogP contribution < -0.4 is 4.74 Å². The van der Waals surface area contributed by atoms with E-state index in [1.54, 1.807) is 31.5 Å². The summed E-state index contributed by atoms with van der Waals surface area (Å²) in [6.45, 7) is 0.276. The molecule has 0 saturated heterocycles. The Morgan fingerprint density at radius 2 is 2.14 bits per heavy atom. The van der Waals surface area contributed by atoms with Crippen molar-refractivity contribution in [3.63, 3.8) is 0 Å². The number of ether oxygens (including phenoxy) is 1. The van der Waals surface area contributed by atoms with Crippen LogP contribution in [0.1, 0.15) is 21.6 Å². The Morgan fingerprint density at radius 1 is 1.36 bits per heavy atom. The van der Waals surface area contributed by atoms with Crippen molar-refractivity contribution in [1.82, 2.24) is 19.6 Å². The predicted molar refractivity (Wildman–Crippen MR) is 103 cm³/mol. The lowest BCUT2D eigenvalue weighted by atomic mass is 10.1. The fourth-order valence-electron chi connectivity index (χ4n) is 2.61. The molecule has 0 spiro atoms. The molecule has 3 aromatic rings. The molecule has 10 heteroatoms. The van der Waals surface area contributed by atoms with Crippen LogP contribution in [0.25, 0.3) is 6.08 Å². The van der Waals surface area contributed by atoms with Crippen LogP contribution in [0.4, 0.5) is 5.82 Å². The zero-order valence-electron chi connectivity index (χ0n) is 15.1. The van der Waals surface area contributed by atoms with Gasteiger partial charge in [0, 0.05) is 18.8 Å². The molecule has 28 heavy (non-hydrogen) atoms. The topological polar surface area (TPSA) is 105 Å². The van der Waals surface area contributed by atoms with Gasteiger partial charge in [0.2, 0.25) is 5.78 Å². The predicted octanol–water partition coefficient (Wildman–Crippen LogP) is 3.13. The standard InChI is InChI=1S/C18H16ClN5O4/c1-22-11-14(19)18(21-22)15(25)5-3-12-4-6-16(28-2)13(9-12)10-23-8-7-17(20-23)24(26)27/h3-9,11H,10H2,1-2H3/b5-3+. The first-order chi connectivity index (χ1) is 13.4. The van der Waals surface area contributed by atoms with E-state index < -0.39 is 4.92 Å². The number of hydrogen-bond donors (Lipinski definition) is 0. The Bertz CT molecular complexity index is 1070. The van der Waals surface area contributed by atoms with Gasteiger partial charge in [-0.2, -0.15) is 9.78 Å². The number of carbonyl (C=O) groups excluding carboxylic acids is 1. The molecule has 0 saturated carbocycles. The number of carbonyl (C=O) groups is 1. The van der Waals surface area contributed by atoms with Gasteiger partial charge in [-0.1, -0.05) is 23.7 Å². The first-order valence-corrected chi connectivity index (χ1v) is 8.51. The molecule has 0 unspecified atom stereocenters. The quantitative estimate of drug-likeness (QED) is 0.260. The number of rotatable bonds is 7. The van der Waals surface area contributed by atoms with Crippen molar-refractivity contribution in [3.05, 3.63) is 74.7 Å². The summed E-state index contributed by atoms with van der Waals surface area (Å²) in [5.74, 6) is 0.0629. The number of halogens is 1. The molecule has 0 atom stereocenters. The first kappa shape index (κ1) is 19.3. The van der Waals surface area contributed by atoms with Crippen LogP contribution in [0.5, 0.6) is 5.75 Å². The molecule has 2 heterocycles. The zero-order chi connectivity index (χ0) is 20.3. The van der Waals surface area contributed by atoms with Gasteiger partial charge in [0.1, 0.15) is 5.75 Å². The van der Waals surface area contributed by atoms with E-state index in [0.29, 0.717) is 5.75 Å². The summed E-state index contributed by atoms with van der Waals surface area (Å²) >= 11 is 5.99. The Balaban J connectivity index is 1.82. The molecule has 0 radical (unpaired) electrons. The van der Waals surface area contributed by atoms with Crippen molar-refractivity contribution >= 4 is 29.3 Å². The van der Waals surface area contributed by atoms with Crippen molar-refractivity contribution in [3.8, 4) is 5.75 Å². The van der Waals surface area contributed by atoms with Crippen molar-refractivity contribution in [2.24, 2.45) is 7.05 Å². The third-order valence-electron chi connectivity index (χ3n) is 3.90. The summed E-state index contributed by atoms with van der Waals surface area (Å²) in [6, 6.07) is 6.68. The number of nitro groups is 1. The van der Waals surface area contributed by atoms with Gasteiger partial charge in [-0.05, 0) is 28.7 Å². The minimum atomic E-state index is -0.554. The summed E-state index contributed by atoms with van der Waals surface area (Å²) in [7, 11) is 3.22. The Morgan fingerprint density at radius 3 is 2.75 bits per heavy atom. The molecular formula is C18H16ClN5O4.